The van der Waals surface area contributed by atoms with Gasteiger partial charge in [0.05, 0.1) is 22.5 Å². The molecule has 0 radical (unpaired) electrons. The molecule has 2 N–H and O–H groups in total. The van der Waals surface area contributed by atoms with Gasteiger partial charge in [-0.25, -0.2) is 5.43 Å². The number of rotatable bonds is 4. The maximum Gasteiger partial charge on any atom is 0.275 e. The predicted octanol–water partition coefficient (Wildman–Crippen LogP) is 4.14. The number of carbonyl (C=O) groups excluding carboxylic acids is 1. The zero-order valence-electron chi connectivity index (χ0n) is 11.8. The Morgan fingerprint density at radius 3 is 2.78 bits per heavy atom. The molecule has 0 aromatic heterocycles. The third-order valence-corrected chi connectivity index (χ3v) is 4.77. The summed E-state index contributed by atoms with van der Waals surface area (Å²) < 4.78 is 7.61. The van der Waals surface area contributed by atoms with Gasteiger partial charge in [0.25, 0.3) is 5.91 Å². The largest absolute Gasteiger partial charge is 0.506 e. The van der Waals surface area contributed by atoms with E-state index in [0.717, 1.165) is 11.6 Å². The highest BCUT2D eigenvalue weighted by molar-refractivity contribution is 14.1. The Hall–Kier alpha value is -0.880. The molecule has 1 amide bonds. The van der Waals surface area contributed by atoms with Crippen molar-refractivity contribution in [3.05, 3.63) is 53.1 Å². The number of hydrazone groups is 1. The molecule has 2 aromatic rings. The Kier molecular flexibility index (Phi) is 6.65. The lowest BCUT2D eigenvalue weighted by atomic mass is 10.2. The van der Waals surface area contributed by atoms with E-state index in [1.807, 2.05) is 28.7 Å². The number of phenolic OH excluding ortho intramolecular Hbond substituents is 1. The van der Waals surface area contributed by atoms with Crippen molar-refractivity contribution < 1.29 is 14.6 Å². The van der Waals surface area contributed by atoms with Crippen molar-refractivity contribution in [3.63, 3.8) is 0 Å². The standard InChI is InChI=1S/C15H11BrI2N2O3/c1-23-13-3-2-9(16)5-11(13)15(22)20-19-7-8-4-10(17)6-12(18)14(8)21/h2-7,21H,1H3,(H,20,22)/b19-7-. The first kappa shape index (κ1) is 18.5. The molecule has 0 unspecified atom stereocenters. The Bertz CT molecular complexity index is 782. The van der Waals surface area contributed by atoms with Crippen molar-refractivity contribution in [2.24, 2.45) is 5.10 Å². The molecular formula is C15H11BrI2N2O3. The second-order valence-electron chi connectivity index (χ2n) is 4.37. The number of methoxy groups -OCH3 is 1. The fraction of sp³-hybridized carbons (Fsp3) is 0.0667. The fourth-order valence-corrected chi connectivity index (χ4v) is 4.01. The van der Waals surface area contributed by atoms with E-state index in [2.05, 4.69) is 49.0 Å². The summed E-state index contributed by atoms with van der Waals surface area (Å²) in [7, 11) is 1.50. The summed E-state index contributed by atoms with van der Waals surface area (Å²) in [6.07, 6.45) is 1.40. The first-order valence-corrected chi connectivity index (χ1v) is 9.22. The Balaban J connectivity index is 2.18. The molecule has 5 nitrogen and oxygen atoms in total. The van der Waals surface area contributed by atoms with Crippen LogP contribution < -0.4 is 10.2 Å². The highest BCUT2D eigenvalue weighted by atomic mass is 127. The normalized spacial score (nSPS) is 10.8. The van der Waals surface area contributed by atoms with E-state index in [4.69, 9.17) is 4.74 Å². The van der Waals surface area contributed by atoms with Crippen molar-refractivity contribution in [3.8, 4) is 11.5 Å². The van der Waals surface area contributed by atoms with Gasteiger partial charge in [-0.2, -0.15) is 5.10 Å². The molecule has 0 heterocycles. The molecule has 0 bridgehead atoms. The Labute approximate surface area is 168 Å². The van der Waals surface area contributed by atoms with Crippen molar-refractivity contribution in [1.82, 2.24) is 5.43 Å². The minimum absolute atomic E-state index is 0.129. The summed E-state index contributed by atoms with van der Waals surface area (Å²) in [6.45, 7) is 0. The number of nitrogens with zero attached hydrogens (tertiary/aromatic N) is 1. The van der Waals surface area contributed by atoms with Gasteiger partial charge in [0.2, 0.25) is 0 Å². The maximum absolute atomic E-state index is 12.2. The Morgan fingerprint density at radius 2 is 2.09 bits per heavy atom. The van der Waals surface area contributed by atoms with Crippen molar-refractivity contribution in [2.75, 3.05) is 7.11 Å². The predicted molar refractivity (Wildman–Crippen MR) is 109 cm³/mol. The number of benzene rings is 2. The van der Waals surface area contributed by atoms with Crippen LogP contribution in [0.5, 0.6) is 11.5 Å². The van der Waals surface area contributed by atoms with Gasteiger partial charge >= 0.3 is 0 Å². The molecule has 0 spiro atoms. The van der Waals surface area contributed by atoms with Crippen LogP contribution in [0.1, 0.15) is 15.9 Å². The molecule has 2 aromatic carbocycles. The van der Waals surface area contributed by atoms with E-state index in [1.165, 1.54) is 13.3 Å². The lowest BCUT2D eigenvalue weighted by Gasteiger charge is -2.07. The molecule has 0 saturated carbocycles. The van der Waals surface area contributed by atoms with Crippen LogP contribution in [-0.2, 0) is 0 Å². The number of hydrogen-bond acceptors (Lipinski definition) is 4. The van der Waals surface area contributed by atoms with Gasteiger partial charge in [-0.1, -0.05) is 15.9 Å². The van der Waals surface area contributed by atoms with E-state index >= 15 is 0 Å². The first-order chi connectivity index (χ1) is 10.9. The molecule has 8 heteroatoms. The van der Waals surface area contributed by atoms with Crippen LogP contribution in [0.3, 0.4) is 0 Å². The van der Waals surface area contributed by atoms with Crippen molar-refractivity contribution in [2.45, 2.75) is 0 Å². The van der Waals surface area contributed by atoms with Gasteiger partial charge in [0.1, 0.15) is 11.5 Å². The van der Waals surface area contributed by atoms with E-state index in [1.54, 1.807) is 24.3 Å². The molecule has 2 rings (SSSR count). The zero-order chi connectivity index (χ0) is 17.0. The molecule has 120 valence electrons. The maximum atomic E-state index is 12.2. The van der Waals surface area contributed by atoms with E-state index in [9.17, 15) is 9.90 Å². The van der Waals surface area contributed by atoms with Gasteiger partial charge in [-0.3, -0.25) is 4.79 Å². The number of phenols is 1. The third-order valence-electron chi connectivity index (χ3n) is 2.83. The molecule has 0 aliphatic carbocycles. The summed E-state index contributed by atoms with van der Waals surface area (Å²) >= 11 is 7.50. The first-order valence-electron chi connectivity index (χ1n) is 6.27. The summed E-state index contributed by atoms with van der Waals surface area (Å²) in [4.78, 5) is 12.2. The number of carbonyl (C=O) groups is 1. The second kappa shape index (κ2) is 8.29. The monoisotopic (exact) mass is 600 g/mol. The quantitative estimate of drug-likeness (QED) is 0.315. The number of amides is 1. The minimum atomic E-state index is -0.404. The molecule has 23 heavy (non-hydrogen) atoms. The molecule has 0 saturated heterocycles. The highest BCUT2D eigenvalue weighted by Gasteiger charge is 2.12. The molecule has 0 fully saturated rings. The lowest BCUT2D eigenvalue weighted by molar-refractivity contribution is 0.0952. The number of halogens is 3. The van der Waals surface area contributed by atoms with Gasteiger partial charge in [-0.15, -0.1) is 0 Å². The molecule has 0 atom stereocenters. The van der Waals surface area contributed by atoms with Gasteiger partial charge in [-0.05, 0) is 75.5 Å². The van der Waals surface area contributed by atoms with E-state index in [0.29, 0.717) is 16.9 Å². The van der Waals surface area contributed by atoms with Crippen molar-refractivity contribution >= 4 is 73.2 Å². The second-order valence-corrected chi connectivity index (χ2v) is 7.69. The number of ether oxygens (including phenoxy) is 1. The molecule has 0 aliphatic heterocycles. The summed E-state index contributed by atoms with van der Waals surface area (Å²) in [6, 6.07) is 8.74. The van der Waals surface area contributed by atoms with Crippen LogP contribution in [0.15, 0.2) is 39.9 Å². The highest BCUT2D eigenvalue weighted by Crippen LogP contribution is 2.26. The number of nitrogens with one attached hydrogen (secondary N) is 1. The van der Waals surface area contributed by atoms with E-state index in [-0.39, 0.29) is 5.75 Å². The summed E-state index contributed by atoms with van der Waals surface area (Å²) in [5, 5.41) is 13.9. The average Bonchev–Trinajstić information content (AvgIpc) is 2.51. The third kappa shape index (κ3) is 4.80. The fourth-order valence-electron chi connectivity index (χ4n) is 1.76. The summed E-state index contributed by atoms with van der Waals surface area (Å²) in [5.74, 6) is 0.177. The van der Waals surface area contributed by atoms with Crippen LogP contribution in [0.25, 0.3) is 0 Å². The average molecular weight is 601 g/mol. The molecular weight excluding hydrogens is 590 g/mol. The Morgan fingerprint density at radius 1 is 1.35 bits per heavy atom. The smallest absolute Gasteiger partial charge is 0.275 e. The topological polar surface area (TPSA) is 70.9 Å². The van der Waals surface area contributed by atoms with Crippen molar-refractivity contribution in [1.29, 1.82) is 0 Å². The minimum Gasteiger partial charge on any atom is -0.506 e. The van der Waals surface area contributed by atoms with Crippen LogP contribution >= 0.6 is 61.1 Å². The van der Waals surface area contributed by atoms with Crippen LogP contribution in [0.4, 0.5) is 0 Å². The van der Waals surface area contributed by atoms with Gasteiger partial charge in [0, 0.05) is 13.6 Å². The lowest BCUT2D eigenvalue weighted by Crippen LogP contribution is -2.18. The SMILES string of the molecule is COc1ccc(Br)cc1C(=O)N/N=C\c1cc(I)cc(I)c1O. The van der Waals surface area contributed by atoms with E-state index < -0.39 is 5.91 Å². The molecule has 0 aliphatic rings. The summed E-state index contributed by atoms with van der Waals surface area (Å²) in [5.41, 5.74) is 3.32. The van der Waals surface area contributed by atoms with Crippen LogP contribution in [0, 0.1) is 7.14 Å². The van der Waals surface area contributed by atoms with Crippen LogP contribution in [0.2, 0.25) is 0 Å². The number of aromatic hydroxyl groups is 1. The van der Waals surface area contributed by atoms with Crippen LogP contribution in [-0.4, -0.2) is 24.3 Å². The van der Waals surface area contributed by atoms with Gasteiger partial charge < -0.3 is 9.84 Å². The zero-order valence-corrected chi connectivity index (χ0v) is 17.7. The number of hydrogen-bond donors (Lipinski definition) is 2. The van der Waals surface area contributed by atoms with Gasteiger partial charge in [0.15, 0.2) is 0 Å².